The molecule has 1 saturated heterocycles. The molecular weight excluding hydrogens is 311 g/mol. The molecule has 3 rings (SSSR count). The van der Waals surface area contributed by atoms with Crippen LogP contribution in [-0.4, -0.2) is 42.4 Å². The molecular formula is C15H16F3N3O2. The Labute approximate surface area is 130 Å². The van der Waals surface area contributed by atoms with Gasteiger partial charge in [0.25, 0.3) is 0 Å². The first-order valence-corrected chi connectivity index (χ1v) is 7.33. The molecule has 2 amide bonds. The molecule has 23 heavy (non-hydrogen) atoms. The second kappa shape index (κ2) is 5.84. The molecule has 1 atom stereocenters. The maximum atomic E-state index is 13.0. The van der Waals surface area contributed by atoms with Crippen LogP contribution in [0, 0.1) is 0 Å². The van der Waals surface area contributed by atoms with Gasteiger partial charge in [-0.05, 0) is 23.6 Å². The minimum atomic E-state index is -4.39. The Hall–Kier alpha value is -2.09. The van der Waals surface area contributed by atoms with E-state index in [1.54, 1.807) is 6.07 Å². The van der Waals surface area contributed by atoms with Crippen molar-refractivity contribution in [3.63, 3.8) is 0 Å². The van der Waals surface area contributed by atoms with E-state index in [-0.39, 0.29) is 43.4 Å². The van der Waals surface area contributed by atoms with Crippen LogP contribution in [0.5, 0.6) is 0 Å². The van der Waals surface area contributed by atoms with Gasteiger partial charge < -0.3 is 15.5 Å². The monoisotopic (exact) mass is 327 g/mol. The number of hydrogen-bond donors (Lipinski definition) is 2. The fourth-order valence-corrected chi connectivity index (χ4v) is 3.06. The van der Waals surface area contributed by atoms with E-state index < -0.39 is 17.8 Å². The van der Waals surface area contributed by atoms with Crippen LogP contribution < -0.4 is 10.6 Å². The normalized spacial score (nSPS) is 21.6. The van der Waals surface area contributed by atoms with Crippen LogP contribution in [-0.2, 0) is 28.7 Å². The number of nitrogens with zero attached hydrogens (tertiary/aromatic N) is 1. The van der Waals surface area contributed by atoms with Crippen LogP contribution in [0.1, 0.15) is 16.7 Å². The van der Waals surface area contributed by atoms with Gasteiger partial charge in [-0.25, -0.2) is 0 Å². The molecule has 0 aliphatic carbocycles. The zero-order valence-electron chi connectivity index (χ0n) is 12.2. The molecule has 124 valence electrons. The zero-order chi connectivity index (χ0) is 16.6. The molecule has 2 aliphatic heterocycles. The average molecular weight is 327 g/mol. The lowest BCUT2D eigenvalue weighted by Crippen LogP contribution is -2.59. The van der Waals surface area contributed by atoms with Gasteiger partial charge in [0.05, 0.1) is 12.1 Å². The van der Waals surface area contributed by atoms with E-state index in [2.05, 4.69) is 10.6 Å². The van der Waals surface area contributed by atoms with E-state index >= 15 is 0 Å². The molecule has 0 bridgehead atoms. The van der Waals surface area contributed by atoms with Crippen molar-refractivity contribution >= 4 is 11.8 Å². The van der Waals surface area contributed by atoms with Crippen molar-refractivity contribution in [2.24, 2.45) is 0 Å². The Morgan fingerprint density at radius 3 is 2.78 bits per heavy atom. The smallest absolute Gasteiger partial charge is 0.342 e. The highest BCUT2D eigenvalue weighted by Crippen LogP contribution is 2.35. The minimum Gasteiger partial charge on any atom is -0.342 e. The van der Waals surface area contributed by atoms with Gasteiger partial charge in [-0.2, -0.15) is 13.2 Å². The van der Waals surface area contributed by atoms with Gasteiger partial charge in [-0.1, -0.05) is 12.1 Å². The summed E-state index contributed by atoms with van der Waals surface area (Å²) in [7, 11) is 0. The van der Waals surface area contributed by atoms with Crippen LogP contribution in [0.15, 0.2) is 18.2 Å². The number of nitrogens with one attached hydrogen (secondary N) is 2. The molecule has 0 saturated carbocycles. The van der Waals surface area contributed by atoms with Crippen LogP contribution in [0.2, 0.25) is 0 Å². The van der Waals surface area contributed by atoms with Gasteiger partial charge in [0.2, 0.25) is 11.8 Å². The SMILES string of the molecule is O=C1CNCC(C(=O)N2CCc3c(cccc3C(F)(F)F)C2)N1. The highest BCUT2D eigenvalue weighted by molar-refractivity contribution is 5.89. The maximum absolute atomic E-state index is 13.0. The Balaban J connectivity index is 1.78. The van der Waals surface area contributed by atoms with E-state index in [9.17, 15) is 22.8 Å². The Morgan fingerprint density at radius 2 is 2.09 bits per heavy atom. The molecule has 2 aliphatic rings. The molecule has 1 fully saturated rings. The summed E-state index contributed by atoms with van der Waals surface area (Å²) in [5.41, 5.74) is 0.138. The fourth-order valence-electron chi connectivity index (χ4n) is 3.06. The van der Waals surface area contributed by atoms with Gasteiger partial charge >= 0.3 is 6.18 Å². The summed E-state index contributed by atoms with van der Waals surface area (Å²) in [5.74, 6) is -0.528. The lowest BCUT2D eigenvalue weighted by Gasteiger charge is -2.34. The fraction of sp³-hybridized carbons (Fsp3) is 0.467. The molecule has 2 N–H and O–H groups in total. The van der Waals surface area contributed by atoms with Crippen molar-refractivity contribution in [1.29, 1.82) is 0 Å². The number of halogens is 3. The van der Waals surface area contributed by atoms with Gasteiger partial charge in [0.15, 0.2) is 0 Å². The van der Waals surface area contributed by atoms with Crippen LogP contribution in [0.3, 0.4) is 0 Å². The quantitative estimate of drug-likeness (QED) is 0.797. The van der Waals surface area contributed by atoms with Gasteiger partial charge in [-0.15, -0.1) is 0 Å². The van der Waals surface area contributed by atoms with Gasteiger partial charge in [0.1, 0.15) is 6.04 Å². The van der Waals surface area contributed by atoms with E-state index in [1.807, 2.05) is 0 Å². The predicted octanol–water partition coefficient (Wildman–Crippen LogP) is 0.678. The van der Waals surface area contributed by atoms with E-state index in [0.717, 1.165) is 6.07 Å². The third-order valence-corrected chi connectivity index (χ3v) is 4.15. The number of amides is 2. The minimum absolute atomic E-state index is 0.129. The molecule has 0 aromatic heterocycles. The summed E-state index contributed by atoms with van der Waals surface area (Å²) in [6.07, 6.45) is -4.23. The van der Waals surface area contributed by atoms with Gasteiger partial charge in [0, 0.05) is 19.6 Å². The Bertz CT molecular complexity index is 645. The summed E-state index contributed by atoms with van der Waals surface area (Å²) in [4.78, 5) is 25.3. The van der Waals surface area contributed by atoms with Crippen LogP contribution >= 0.6 is 0 Å². The third kappa shape index (κ3) is 3.17. The lowest BCUT2D eigenvalue weighted by atomic mass is 9.93. The summed E-state index contributed by atoms with van der Waals surface area (Å²) in [5, 5.41) is 5.44. The summed E-state index contributed by atoms with van der Waals surface area (Å²) < 4.78 is 39.1. The molecule has 1 unspecified atom stereocenters. The number of alkyl halides is 3. The average Bonchev–Trinajstić information content (AvgIpc) is 2.52. The first kappa shape index (κ1) is 15.8. The number of hydrogen-bond acceptors (Lipinski definition) is 3. The Morgan fingerprint density at radius 1 is 1.30 bits per heavy atom. The molecule has 8 heteroatoms. The lowest BCUT2D eigenvalue weighted by molar-refractivity contribution is -0.139. The number of fused-ring (bicyclic) bond motifs is 1. The van der Waals surface area contributed by atoms with Crippen LogP contribution in [0.4, 0.5) is 13.2 Å². The second-order valence-corrected chi connectivity index (χ2v) is 5.70. The van der Waals surface area contributed by atoms with Crippen molar-refractivity contribution in [3.8, 4) is 0 Å². The summed E-state index contributed by atoms with van der Waals surface area (Å²) in [6, 6.07) is 3.38. The van der Waals surface area contributed by atoms with Gasteiger partial charge in [-0.3, -0.25) is 9.59 Å². The standard InChI is InChI=1S/C15H16F3N3O2/c16-15(17,18)11-3-1-2-9-8-21(5-4-10(9)11)14(23)12-6-19-7-13(22)20-12/h1-3,12,19H,4-8H2,(H,20,22). The molecule has 0 spiro atoms. The largest absolute Gasteiger partial charge is 0.416 e. The number of piperazine rings is 1. The third-order valence-electron chi connectivity index (χ3n) is 4.15. The van der Waals surface area contributed by atoms with E-state index in [4.69, 9.17) is 0 Å². The second-order valence-electron chi connectivity index (χ2n) is 5.70. The number of benzene rings is 1. The highest BCUT2D eigenvalue weighted by atomic mass is 19.4. The van der Waals surface area contributed by atoms with E-state index in [1.165, 1.54) is 11.0 Å². The number of rotatable bonds is 1. The molecule has 2 heterocycles. The van der Waals surface area contributed by atoms with Crippen molar-refractivity contribution in [2.45, 2.75) is 25.2 Å². The van der Waals surface area contributed by atoms with Crippen molar-refractivity contribution in [1.82, 2.24) is 15.5 Å². The first-order chi connectivity index (χ1) is 10.9. The number of carbonyl (C=O) groups excluding carboxylic acids is 2. The number of carbonyl (C=O) groups is 2. The summed E-state index contributed by atoms with van der Waals surface area (Å²) >= 11 is 0. The molecule has 1 aromatic carbocycles. The highest BCUT2D eigenvalue weighted by Gasteiger charge is 2.37. The van der Waals surface area contributed by atoms with Crippen molar-refractivity contribution in [2.75, 3.05) is 19.6 Å². The predicted molar refractivity (Wildman–Crippen MR) is 75.4 cm³/mol. The first-order valence-electron chi connectivity index (χ1n) is 7.33. The van der Waals surface area contributed by atoms with E-state index in [0.29, 0.717) is 12.1 Å². The molecule has 5 nitrogen and oxygen atoms in total. The molecule has 0 radical (unpaired) electrons. The van der Waals surface area contributed by atoms with Crippen molar-refractivity contribution < 1.29 is 22.8 Å². The molecule has 1 aromatic rings. The van der Waals surface area contributed by atoms with Crippen molar-refractivity contribution in [3.05, 3.63) is 34.9 Å². The summed E-state index contributed by atoms with van der Waals surface area (Å²) in [6.45, 7) is 0.841. The maximum Gasteiger partial charge on any atom is 0.416 e. The Kier molecular flexibility index (Phi) is 4.01. The zero-order valence-corrected chi connectivity index (χ0v) is 12.2. The topological polar surface area (TPSA) is 61.4 Å². The van der Waals surface area contributed by atoms with Crippen LogP contribution in [0.25, 0.3) is 0 Å².